The fourth-order valence-electron chi connectivity index (χ4n) is 2.19. The second kappa shape index (κ2) is 10.0. The zero-order valence-electron chi connectivity index (χ0n) is 13.9. The molecular weight excluding hydrogens is 296 g/mol. The van der Waals surface area contributed by atoms with Gasteiger partial charge < -0.3 is 26.6 Å². The highest BCUT2D eigenvalue weighted by molar-refractivity contribution is 6.82. The van der Waals surface area contributed by atoms with E-state index in [1.165, 1.54) is 0 Å². The van der Waals surface area contributed by atoms with Gasteiger partial charge in [0.25, 0.3) is 0 Å². The van der Waals surface area contributed by atoms with E-state index in [4.69, 9.17) is 26.6 Å². The monoisotopic (exact) mass is 326 g/mol. The molecule has 0 heterocycles. The Labute approximate surface area is 125 Å². The van der Waals surface area contributed by atoms with Crippen LogP contribution in [0.3, 0.4) is 0 Å². The van der Waals surface area contributed by atoms with Gasteiger partial charge in [-0.1, -0.05) is 6.92 Å². The summed E-state index contributed by atoms with van der Waals surface area (Å²) < 4.78 is 34.8. The van der Waals surface area contributed by atoms with Crippen molar-refractivity contribution in [3.05, 3.63) is 0 Å². The van der Waals surface area contributed by atoms with Crippen LogP contribution in [0.2, 0.25) is 5.16 Å². The lowest BCUT2D eigenvalue weighted by molar-refractivity contribution is 0.0492. The zero-order valence-corrected chi connectivity index (χ0v) is 15.9. The molecule has 0 radical (unpaired) electrons. The maximum Gasteiger partial charge on any atom is 0.508 e. The summed E-state index contributed by atoms with van der Waals surface area (Å²) in [6.45, 7) is 11.7. The Balaban J connectivity index is 5.46. The molecule has 0 amide bonds. The number of hydrogen-bond acceptors (Lipinski definition) is 6. The van der Waals surface area contributed by atoms with E-state index >= 15 is 0 Å². The van der Waals surface area contributed by atoms with Crippen LogP contribution in [0.1, 0.15) is 34.6 Å². The van der Waals surface area contributed by atoms with Crippen LogP contribution in [-0.4, -0.2) is 58.3 Å². The lowest BCUT2D eigenvalue weighted by Gasteiger charge is -2.39. The van der Waals surface area contributed by atoms with E-state index in [0.717, 1.165) is 0 Å². The minimum absolute atomic E-state index is 0.190. The van der Waals surface area contributed by atoms with Crippen LogP contribution in [-0.2, 0) is 26.6 Å². The summed E-state index contributed by atoms with van der Waals surface area (Å²) in [7, 11) is -2.61. The molecule has 122 valence electrons. The fraction of sp³-hybridized carbons (Fsp3) is 1.00. The van der Waals surface area contributed by atoms with Gasteiger partial charge in [-0.15, -0.1) is 0 Å². The van der Waals surface area contributed by atoms with Gasteiger partial charge in [-0.05, 0) is 27.7 Å². The molecule has 0 unspecified atom stereocenters. The highest BCUT2D eigenvalue weighted by atomic mass is 28.5. The molecule has 6 nitrogen and oxygen atoms in total. The largest absolute Gasteiger partial charge is 0.508 e. The highest BCUT2D eigenvalue weighted by Crippen LogP contribution is 2.35. The van der Waals surface area contributed by atoms with Gasteiger partial charge >= 0.3 is 17.6 Å². The molecule has 0 bridgehead atoms. The first-order valence-electron chi connectivity index (χ1n) is 7.18. The summed E-state index contributed by atoms with van der Waals surface area (Å²) in [5, 5.41) is -0.190. The molecular formula is C12H30O6Si2. The standard InChI is InChI=1S/C12H30O6Si2/c1-8-15-19(13-6,16-9-2)12(5)20(14-7,17-10-3)18-11-4/h12H,8-11H2,1-7H3. The van der Waals surface area contributed by atoms with Crippen molar-refractivity contribution in [2.24, 2.45) is 0 Å². The minimum Gasteiger partial charge on any atom is -0.377 e. The van der Waals surface area contributed by atoms with E-state index in [-0.39, 0.29) is 5.16 Å². The van der Waals surface area contributed by atoms with E-state index in [1.54, 1.807) is 14.2 Å². The van der Waals surface area contributed by atoms with Crippen molar-refractivity contribution >= 4 is 17.6 Å². The summed E-state index contributed by atoms with van der Waals surface area (Å²) in [6, 6.07) is 0. The maximum atomic E-state index is 5.87. The highest BCUT2D eigenvalue weighted by Gasteiger charge is 2.62. The summed E-state index contributed by atoms with van der Waals surface area (Å²) in [6.07, 6.45) is 0. The van der Waals surface area contributed by atoms with Gasteiger partial charge in [-0.25, -0.2) is 0 Å². The van der Waals surface area contributed by atoms with Crippen LogP contribution in [0, 0.1) is 0 Å². The third-order valence-electron chi connectivity index (χ3n) is 3.01. The summed E-state index contributed by atoms with van der Waals surface area (Å²) in [4.78, 5) is 0. The van der Waals surface area contributed by atoms with Crippen LogP contribution >= 0.6 is 0 Å². The van der Waals surface area contributed by atoms with Crippen LogP contribution in [0.25, 0.3) is 0 Å². The van der Waals surface area contributed by atoms with Crippen LogP contribution in [0.4, 0.5) is 0 Å². The summed E-state index contributed by atoms with van der Waals surface area (Å²) in [5.41, 5.74) is 0. The van der Waals surface area contributed by atoms with Crippen molar-refractivity contribution < 1.29 is 26.6 Å². The van der Waals surface area contributed by atoms with Crippen molar-refractivity contribution in [2.75, 3.05) is 40.6 Å². The van der Waals surface area contributed by atoms with E-state index < -0.39 is 17.6 Å². The number of rotatable bonds is 12. The molecule has 0 N–H and O–H groups in total. The Morgan fingerprint density at radius 1 is 0.650 bits per heavy atom. The SMILES string of the molecule is CCO[Si](OC)(OCC)C(C)[Si](OC)(OCC)OCC. The van der Waals surface area contributed by atoms with Gasteiger partial charge in [-0.3, -0.25) is 0 Å². The zero-order chi connectivity index (χ0) is 15.6. The third-order valence-corrected chi connectivity index (χ3v) is 11.2. The van der Waals surface area contributed by atoms with E-state index in [2.05, 4.69) is 0 Å². The lowest BCUT2D eigenvalue weighted by Crippen LogP contribution is -2.62. The molecule has 0 aromatic carbocycles. The summed E-state index contributed by atoms with van der Waals surface area (Å²) >= 11 is 0. The Bertz CT molecular complexity index is 218. The van der Waals surface area contributed by atoms with Gasteiger partial charge in [0.1, 0.15) is 0 Å². The Hall–Kier alpha value is 0.194. The smallest absolute Gasteiger partial charge is 0.377 e. The molecule has 0 aliphatic heterocycles. The first kappa shape index (κ1) is 20.2. The molecule has 0 atom stereocenters. The first-order chi connectivity index (χ1) is 9.52. The molecule has 0 saturated heterocycles. The van der Waals surface area contributed by atoms with Crippen LogP contribution in [0.15, 0.2) is 0 Å². The predicted octanol–water partition coefficient (Wildman–Crippen LogP) is 2.23. The molecule has 20 heavy (non-hydrogen) atoms. The van der Waals surface area contributed by atoms with Crippen molar-refractivity contribution in [1.29, 1.82) is 0 Å². The predicted molar refractivity (Wildman–Crippen MR) is 81.5 cm³/mol. The molecule has 0 spiro atoms. The molecule has 0 aliphatic rings. The fourth-order valence-corrected chi connectivity index (χ4v) is 9.59. The molecule has 8 heteroatoms. The van der Waals surface area contributed by atoms with Gasteiger partial charge in [0, 0.05) is 40.6 Å². The number of hydrogen-bond donors (Lipinski definition) is 0. The molecule has 0 rings (SSSR count). The van der Waals surface area contributed by atoms with E-state index in [9.17, 15) is 0 Å². The summed E-state index contributed by atoms with van der Waals surface area (Å²) in [5.74, 6) is 0. The quantitative estimate of drug-likeness (QED) is 0.513. The van der Waals surface area contributed by atoms with Gasteiger partial charge in [0.15, 0.2) is 0 Å². The average Bonchev–Trinajstić information content (AvgIpc) is 2.45. The average molecular weight is 327 g/mol. The molecule has 0 aliphatic carbocycles. The van der Waals surface area contributed by atoms with Crippen molar-refractivity contribution in [1.82, 2.24) is 0 Å². The second-order valence-corrected chi connectivity index (χ2v) is 10.8. The van der Waals surface area contributed by atoms with Crippen LogP contribution < -0.4 is 0 Å². The van der Waals surface area contributed by atoms with Crippen molar-refractivity contribution in [3.8, 4) is 0 Å². The molecule has 0 fully saturated rings. The van der Waals surface area contributed by atoms with Crippen LogP contribution in [0.5, 0.6) is 0 Å². The molecule has 0 aromatic rings. The third kappa shape index (κ3) is 4.60. The molecule has 0 saturated carbocycles. The van der Waals surface area contributed by atoms with E-state index in [0.29, 0.717) is 26.4 Å². The van der Waals surface area contributed by atoms with Crippen molar-refractivity contribution in [3.63, 3.8) is 0 Å². The lowest BCUT2D eigenvalue weighted by atomic mass is 10.9. The first-order valence-corrected chi connectivity index (χ1v) is 10.8. The Morgan fingerprint density at radius 2 is 0.900 bits per heavy atom. The second-order valence-electron chi connectivity index (χ2n) is 4.07. The van der Waals surface area contributed by atoms with Gasteiger partial charge in [0.2, 0.25) is 0 Å². The van der Waals surface area contributed by atoms with Gasteiger partial charge in [-0.2, -0.15) is 0 Å². The maximum absolute atomic E-state index is 5.87. The Kier molecular flexibility index (Phi) is 10.1. The topological polar surface area (TPSA) is 55.4 Å². The Morgan fingerprint density at radius 3 is 1.05 bits per heavy atom. The minimum atomic E-state index is -2.92. The normalized spacial score (nSPS) is 13.2. The molecule has 0 aromatic heterocycles. The van der Waals surface area contributed by atoms with Crippen molar-refractivity contribution in [2.45, 2.75) is 39.8 Å². The van der Waals surface area contributed by atoms with E-state index in [1.807, 2.05) is 34.6 Å². The van der Waals surface area contributed by atoms with Gasteiger partial charge in [0.05, 0.1) is 5.16 Å².